The van der Waals surface area contributed by atoms with Gasteiger partial charge in [0.2, 0.25) is 0 Å². The molecule has 0 aliphatic heterocycles. The van der Waals surface area contributed by atoms with E-state index in [1.807, 2.05) is 38.1 Å². The van der Waals surface area contributed by atoms with Gasteiger partial charge in [-0.1, -0.05) is 13.3 Å². The predicted octanol–water partition coefficient (Wildman–Crippen LogP) is 4.01. The number of benzene rings is 1. The number of carbonyl (C=O) groups is 1. The molecule has 2 atom stereocenters. The van der Waals surface area contributed by atoms with Crippen molar-refractivity contribution in [3.63, 3.8) is 0 Å². The van der Waals surface area contributed by atoms with Gasteiger partial charge in [0, 0.05) is 12.3 Å². The maximum atomic E-state index is 12.8. The molecule has 0 aromatic heterocycles. The van der Waals surface area contributed by atoms with E-state index in [0.29, 0.717) is 19.1 Å². The molecule has 1 aromatic carbocycles. The summed E-state index contributed by atoms with van der Waals surface area (Å²) in [5.41, 5.74) is 0.108. The van der Waals surface area contributed by atoms with Gasteiger partial charge >= 0.3 is 0 Å². The van der Waals surface area contributed by atoms with Crippen LogP contribution in [0.3, 0.4) is 0 Å². The van der Waals surface area contributed by atoms with E-state index < -0.39 is 5.60 Å². The number of hydrogen-bond acceptors (Lipinski definition) is 3. The molecule has 0 bridgehead atoms. The van der Waals surface area contributed by atoms with Gasteiger partial charge < -0.3 is 14.8 Å². The van der Waals surface area contributed by atoms with Gasteiger partial charge in [0.25, 0.3) is 5.91 Å². The molecule has 2 rings (SSSR count). The Morgan fingerprint density at radius 3 is 2.59 bits per heavy atom. The Morgan fingerprint density at radius 2 is 2.00 bits per heavy atom. The molecule has 4 nitrogen and oxygen atoms in total. The number of amides is 1. The molecular weight excluding hydrogens is 278 g/mol. The number of hydrogen-bond donors (Lipinski definition) is 1. The molecule has 1 fully saturated rings. The largest absolute Gasteiger partial charge is 0.494 e. The molecule has 1 aliphatic carbocycles. The Morgan fingerprint density at radius 1 is 1.27 bits per heavy atom. The quantitative estimate of drug-likeness (QED) is 0.864. The highest BCUT2D eigenvalue weighted by Gasteiger charge is 2.42. The summed E-state index contributed by atoms with van der Waals surface area (Å²) in [6.07, 6.45) is 3.81. The topological polar surface area (TPSA) is 47.6 Å². The Balaban J connectivity index is 2.07. The number of nitrogens with one attached hydrogen (secondary N) is 1. The molecule has 0 heterocycles. The van der Waals surface area contributed by atoms with E-state index in [1.165, 1.54) is 6.42 Å². The molecule has 1 N–H and O–H groups in total. The smallest absolute Gasteiger partial charge is 0.256 e. The van der Waals surface area contributed by atoms with E-state index >= 15 is 0 Å². The minimum absolute atomic E-state index is 0.0231. The highest BCUT2D eigenvalue weighted by molar-refractivity contribution is 5.97. The first-order valence-corrected chi connectivity index (χ1v) is 8.28. The van der Waals surface area contributed by atoms with Crippen LogP contribution >= 0.6 is 0 Å². The van der Waals surface area contributed by atoms with Crippen LogP contribution in [-0.4, -0.2) is 24.7 Å². The summed E-state index contributed by atoms with van der Waals surface area (Å²) in [7, 11) is 0. The molecular formula is C18H27NO3. The lowest BCUT2D eigenvalue weighted by molar-refractivity contribution is -0.147. The van der Waals surface area contributed by atoms with Crippen LogP contribution in [-0.2, 0) is 9.53 Å². The van der Waals surface area contributed by atoms with Crippen LogP contribution in [0.15, 0.2) is 24.3 Å². The third kappa shape index (κ3) is 4.01. The number of anilines is 1. The van der Waals surface area contributed by atoms with Crippen LogP contribution in [0.5, 0.6) is 5.75 Å². The number of ether oxygens (including phenoxy) is 2. The maximum Gasteiger partial charge on any atom is 0.256 e. The van der Waals surface area contributed by atoms with Crippen LogP contribution in [0, 0.1) is 5.92 Å². The van der Waals surface area contributed by atoms with E-state index in [2.05, 4.69) is 12.2 Å². The Labute approximate surface area is 133 Å². The monoisotopic (exact) mass is 305 g/mol. The Bertz CT molecular complexity index is 482. The molecule has 1 aliphatic rings. The first-order chi connectivity index (χ1) is 10.6. The fraction of sp³-hybridized carbons (Fsp3) is 0.611. The lowest BCUT2D eigenvalue weighted by Gasteiger charge is -2.38. The van der Waals surface area contributed by atoms with Crippen molar-refractivity contribution in [3.8, 4) is 5.75 Å². The fourth-order valence-electron chi connectivity index (χ4n) is 3.23. The van der Waals surface area contributed by atoms with E-state index in [4.69, 9.17) is 9.47 Å². The van der Waals surface area contributed by atoms with Crippen molar-refractivity contribution in [1.29, 1.82) is 0 Å². The van der Waals surface area contributed by atoms with Gasteiger partial charge in [-0.2, -0.15) is 0 Å². The van der Waals surface area contributed by atoms with Crippen LogP contribution in [0.4, 0.5) is 5.69 Å². The minimum Gasteiger partial charge on any atom is -0.494 e. The summed E-state index contributed by atoms with van der Waals surface area (Å²) >= 11 is 0. The van der Waals surface area contributed by atoms with Gasteiger partial charge in [-0.3, -0.25) is 4.79 Å². The minimum atomic E-state index is -0.676. The van der Waals surface area contributed by atoms with Gasteiger partial charge in [-0.05, 0) is 63.3 Å². The zero-order chi connectivity index (χ0) is 16.0. The molecule has 1 saturated carbocycles. The van der Waals surface area contributed by atoms with Crippen LogP contribution < -0.4 is 10.1 Å². The molecule has 1 aromatic rings. The number of rotatable bonds is 6. The van der Waals surface area contributed by atoms with Crippen LogP contribution in [0.1, 0.15) is 46.5 Å². The van der Waals surface area contributed by atoms with Crippen LogP contribution in [0.25, 0.3) is 0 Å². The second-order valence-electron chi connectivity index (χ2n) is 6.04. The van der Waals surface area contributed by atoms with E-state index in [-0.39, 0.29) is 5.91 Å². The molecule has 0 spiro atoms. The first-order valence-electron chi connectivity index (χ1n) is 8.28. The molecule has 0 radical (unpaired) electrons. The molecule has 0 saturated heterocycles. The average molecular weight is 305 g/mol. The number of carbonyl (C=O) groups excluding carboxylic acids is 1. The molecule has 22 heavy (non-hydrogen) atoms. The van der Waals surface area contributed by atoms with Gasteiger partial charge in [-0.25, -0.2) is 0 Å². The van der Waals surface area contributed by atoms with Crippen LogP contribution in [0.2, 0.25) is 0 Å². The normalized spacial score (nSPS) is 24.8. The summed E-state index contributed by atoms with van der Waals surface area (Å²) in [5, 5.41) is 3.01. The standard InChI is InChI=1S/C18H27NO3/c1-4-21-16-10-8-15(9-11-16)19-17(20)18(22-5-2)12-6-7-14(3)13-18/h8-11,14H,4-7,12-13H2,1-3H3,(H,19,20)/t14-,18+/m1/s1. The second kappa shape index (κ2) is 7.63. The lowest BCUT2D eigenvalue weighted by Crippen LogP contribution is -2.48. The SMILES string of the molecule is CCOc1ccc(NC(=O)[C@]2(OCC)CCC[C@@H](C)C2)cc1. The molecule has 4 heteroatoms. The lowest BCUT2D eigenvalue weighted by atomic mass is 9.78. The predicted molar refractivity (Wildman–Crippen MR) is 88.2 cm³/mol. The highest BCUT2D eigenvalue weighted by atomic mass is 16.5. The maximum absolute atomic E-state index is 12.8. The van der Waals surface area contributed by atoms with Gasteiger partial charge in [0.15, 0.2) is 0 Å². The van der Waals surface area contributed by atoms with Crippen molar-refractivity contribution >= 4 is 11.6 Å². The summed E-state index contributed by atoms with van der Waals surface area (Å²) in [6, 6.07) is 7.48. The third-order valence-corrected chi connectivity index (χ3v) is 4.21. The summed E-state index contributed by atoms with van der Waals surface area (Å²) in [4.78, 5) is 12.8. The van der Waals surface area contributed by atoms with Crippen molar-refractivity contribution < 1.29 is 14.3 Å². The molecule has 0 unspecified atom stereocenters. The van der Waals surface area contributed by atoms with E-state index in [0.717, 1.165) is 30.7 Å². The third-order valence-electron chi connectivity index (χ3n) is 4.21. The molecule has 122 valence electrons. The zero-order valence-corrected chi connectivity index (χ0v) is 13.9. The van der Waals surface area contributed by atoms with E-state index in [9.17, 15) is 4.79 Å². The molecule has 1 amide bonds. The van der Waals surface area contributed by atoms with Gasteiger partial charge in [0.05, 0.1) is 6.61 Å². The Hall–Kier alpha value is -1.55. The zero-order valence-electron chi connectivity index (χ0n) is 13.9. The summed E-state index contributed by atoms with van der Waals surface area (Å²) in [5.74, 6) is 1.31. The average Bonchev–Trinajstić information content (AvgIpc) is 2.50. The first kappa shape index (κ1) is 16.8. The summed E-state index contributed by atoms with van der Waals surface area (Å²) in [6.45, 7) is 7.29. The Kier molecular flexibility index (Phi) is 5.83. The van der Waals surface area contributed by atoms with Crippen molar-refractivity contribution in [2.24, 2.45) is 5.92 Å². The van der Waals surface area contributed by atoms with Crippen molar-refractivity contribution in [1.82, 2.24) is 0 Å². The van der Waals surface area contributed by atoms with Crippen molar-refractivity contribution in [2.75, 3.05) is 18.5 Å². The second-order valence-corrected chi connectivity index (χ2v) is 6.04. The van der Waals surface area contributed by atoms with Gasteiger partial charge in [-0.15, -0.1) is 0 Å². The van der Waals surface area contributed by atoms with Gasteiger partial charge in [0.1, 0.15) is 11.4 Å². The van der Waals surface area contributed by atoms with Crippen molar-refractivity contribution in [2.45, 2.75) is 52.1 Å². The fourth-order valence-corrected chi connectivity index (χ4v) is 3.23. The highest BCUT2D eigenvalue weighted by Crippen LogP contribution is 2.36. The van der Waals surface area contributed by atoms with E-state index in [1.54, 1.807) is 0 Å². The summed E-state index contributed by atoms with van der Waals surface area (Å²) < 4.78 is 11.3. The van der Waals surface area contributed by atoms with Crippen molar-refractivity contribution in [3.05, 3.63) is 24.3 Å².